The van der Waals surface area contributed by atoms with Crippen LogP contribution in [-0.2, 0) is 13.0 Å². The highest BCUT2D eigenvalue weighted by molar-refractivity contribution is 14.0. The van der Waals surface area contributed by atoms with Crippen molar-refractivity contribution in [2.75, 3.05) is 13.1 Å². The largest absolute Gasteiger partial charge is 0.469 e. The van der Waals surface area contributed by atoms with E-state index in [4.69, 9.17) is 4.42 Å². The van der Waals surface area contributed by atoms with Gasteiger partial charge in [-0.1, -0.05) is 24.3 Å². The first kappa shape index (κ1) is 18.5. The van der Waals surface area contributed by atoms with Gasteiger partial charge in [-0.25, -0.2) is 4.99 Å². The highest BCUT2D eigenvalue weighted by Gasteiger charge is 2.00. The SMILES string of the molecule is CCNC(=NCc1ccccc1C)NCCc1ccco1.I. The summed E-state index contributed by atoms with van der Waals surface area (Å²) in [5.74, 6) is 1.82. The Bertz CT molecular complexity index is 567. The van der Waals surface area contributed by atoms with Gasteiger partial charge in [-0.2, -0.15) is 0 Å². The molecule has 1 aromatic heterocycles. The minimum atomic E-state index is 0. The first-order valence-corrected chi connectivity index (χ1v) is 7.38. The molecule has 5 heteroatoms. The second kappa shape index (κ2) is 10.3. The van der Waals surface area contributed by atoms with Gasteiger partial charge in [0.1, 0.15) is 5.76 Å². The Morgan fingerprint density at radius 2 is 1.95 bits per heavy atom. The van der Waals surface area contributed by atoms with Crippen LogP contribution < -0.4 is 10.6 Å². The number of guanidine groups is 1. The van der Waals surface area contributed by atoms with E-state index in [9.17, 15) is 0 Å². The summed E-state index contributed by atoms with van der Waals surface area (Å²) < 4.78 is 5.32. The number of hydrogen-bond acceptors (Lipinski definition) is 2. The van der Waals surface area contributed by atoms with E-state index in [1.807, 2.05) is 12.1 Å². The van der Waals surface area contributed by atoms with Crippen LogP contribution in [0.3, 0.4) is 0 Å². The lowest BCUT2D eigenvalue weighted by Gasteiger charge is -2.11. The van der Waals surface area contributed by atoms with Crippen molar-refractivity contribution in [3.8, 4) is 0 Å². The Kier molecular flexibility index (Phi) is 8.65. The smallest absolute Gasteiger partial charge is 0.191 e. The minimum Gasteiger partial charge on any atom is -0.469 e. The van der Waals surface area contributed by atoms with Gasteiger partial charge in [0.2, 0.25) is 0 Å². The number of nitrogens with zero attached hydrogens (tertiary/aromatic N) is 1. The molecule has 2 rings (SSSR count). The van der Waals surface area contributed by atoms with Gasteiger partial charge in [-0.05, 0) is 37.1 Å². The van der Waals surface area contributed by atoms with Gasteiger partial charge in [0.25, 0.3) is 0 Å². The van der Waals surface area contributed by atoms with Crippen molar-refractivity contribution in [1.29, 1.82) is 0 Å². The van der Waals surface area contributed by atoms with E-state index in [1.54, 1.807) is 6.26 Å². The van der Waals surface area contributed by atoms with Gasteiger partial charge in [0.15, 0.2) is 5.96 Å². The molecule has 22 heavy (non-hydrogen) atoms. The van der Waals surface area contributed by atoms with E-state index in [-0.39, 0.29) is 24.0 Å². The highest BCUT2D eigenvalue weighted by Crippen LogP contribution is 2.07. The standard InChI is InChI=1S/C17H23N3O.HI/c1-3-18-17(19-11-10-16-9-6-12-21-16)20-13-15-8-5-4-7-14(15)2;/h4-9,12H,3,10-11,13H2,1-2H3,(H2,18,19,20);1H. The molecule has 2 aromatic rings. The molecular weight excluding hydrogens is 389 g/mol. The third-order valence-electron chi connectivity index (χ3n) is 3.26. The van der Waals surface area contributed by atoms with Crippen molar-refractivity contribution >= 4 is 29.9 Å². The molecule has 1 heterocycles. The van der Waals surface area contributed by atoms with Gasteiger partial charge in [-0.3, -0.25) is 0 Å². The van der Waals surface area contributed by atoms with Crippen molar-refractivity contribution in [3.05, 3.63) is 59.5 Å². The predicted molar refractivity (Wildman–Crippen MR) is 102 cm³/mol. The second-order valence-electron chi connectivity index (χ2n) is 4.88. The Morgan fingerprint density at radius 1 is 1.14 bits per heavy atom. The summed E-state index contributed by atoms with van der Waals surface area (Å²) in [7, 11) is 0. The second-order valence-corrected chi connectivity index (χ2v) is 4.88. The van der Waals surface area contributed by atoms with Crippen LogP contribution in [-0.4, -0.2) is 19.0 Å². The molecule has 0 aliphatic rings. The van der Waals surface area contributed by atoms with Crippen molar-refractivity contribution in [1.82, 2.24) is 10.6 Å². The first-order chi connectivity index (χ1) is 10.3. The first-order valence-electron chi connectivity index (χ1n) is 7.38. The van der Waals surface area contributed by atoms with Crippen LogP contribution in [0.5, 0.6) is 0 Å². The number of benzene rings is 1. The molecule has 1 aromatic carbocycles. The van der Waals surface area contributed by atoms with Gasteiger partial charge >= 0.3 is 0 Å². The molecule has 0 atom stereocenters. The number of nitrogens with one attached hydrogen (secondary N) is 2. The van der Waals surface area contributed by atoms with Gasteiger partial charge in [0, 0.05) is 19.5 Å². The normalized spacial score (nSPS) is 10.9. The van der Waals surface area contributed by atoms with Crippen molar-refractivity contribution in [2.24, 2.45) is 4.99 Å². The van der Waals surface area contributed by atoms with Gasteiger partial charge < -0.3 is 15.1 Å². The number of rotatable bonds is 6. The Morgan fingerprint density at radius 3 is 2.64 bits per heavy atom. The molecule has 0 saturated carbocycles. The third kappa shape index (κ3) is 6.09. The fourth-order valence-electron chi connectivity index (χ4n) is 2.05. The van der Waals surface area contributed by atoms with Crippen molar-refractivity contribution < 1.29 is 4.42 Å². The predicted octanol–water partition coefficient (Wildman–Crippen LogP) is 3.50. The summed E-state index contributed by atoms with van der Waals surface area (Å²) in [5, 5.41) is 6.59. The summed E-state index contributed by atoms with van der Waals surface area (Å²) in [6.07, 6.45) is 2.55. The molecule has 0 aliphatic heterocycles. The maximum atomic E-state index is 5.32. The zero-order valence-corrected chi connectivity index (χ0v) is 15.5. The van der Waals surface area contributed by atoms with Crippen molar-refractivity contribution in [3.63, 3.8) is 0 Å². The van der Waals surface area contributed by atoms with E-state index in [2.05, 4.69) is 53.7 Å². The molecule has 120 valence electrons. The molecule has 0 aliphatic carbocycles. The molecule has 0 fully saturated rings. The quantitative estimate of drug-likeness (QED) is 0.433. The van der Waals surface area contributed by atoms with Crippen LogP contribution in [0.1, 0.15) is 23.8 Å². The minimum absolute atomic E-state index is 0. The average molecular weight is 413 g/mol. The zero-order valence-electron chi connectivity index (χ0n) is 13.1. The molecule has 0 bridgehead atoms. The van der Waals surface area contributed by atoms with E-state index in [0.717, 1.165) is 31.2 Å². The summed E-state index contributed by atoms with van der Waals surface area (Å²) in [6.45, 7) is 6.51. The topological polar surface area (TPSA) is 49.6 Å². The third-order valence-corrected chi connectivity index (χ3v) is 3.26. The van der Waals surface area contributed by atoms with Gasteiger partial charge in [-0.15, -0.1) is 24.0 Å². The van der Waals surface area contributed by atoms with Crippen LogP contribution in [0.2, 0.25) is 0 Å². The number of aryl methyl sites for hydroxylation is 1. The zero-order chi connectivity index (χ0) is 14.9. The molecule has 0 saturated heterocycles. The van der Waals surface area contributed by atoms with Crippen molar-refractivity contribution in [2.45, 2.75) is 26.8 Å². The monoisotopic (exact) mass is 413 g/mol. The van der Waals surface area contributed by atoms with E-state index in [1.165, 1.54) is 11.1 Å². The molecule has 0 spiro atoms. The summed E-state index contributed by atoms with van der Waals surface area (Å²) in [4.78, 5) is 4.63. The highest BCUT2D eigenvalue weighted by atomic mass is 127. The van der Waals surface area contributed by atoms with E-state index >= 15 is 0 Å². The summed E-state index contributed by atoms with van der Waals surface area (Å²) in [6, 6.07) is 12.2. The van der Waals surface area contributed by atoms with Crippen LogP contribution >= 0.6 is 24.0 Å². The van der Waals surface area contributed by atoms with E-state index < -0.39 is 0 Å². The maximum absolute atomic E-state index is 5.32. The lowest BCUT2D eigenvalue weighted by Crippen LogP contribution is -2.38. The van der Waals surface area contributed by atoms with E-state index in [0.29, 0.717) is 6.54 Å². The maximum Gasteiger partial charge on any atom is 0.191 e. The average Bonchev–Trinajstić information content (AvgIpc) is 2.99. The number of hydrogen-bond donors (Lipinski definition) is 2. The van der Waals surface area contributed by atoms with Crippen LogP contribution in [0.4, 0.5) is 0 Å². The molecule has 2 N–H and O–H groups in total. The molecule has 0 unspecified atom stereocenters. The lowest BCUT2D eigenvalue weighted by atomic mass is 10.1. The van der Waals surface area contributed by atoms with Crippen LogP contribution in [0.25, 0.3) is 0 Å². The number of aliphatic imine (C=N–C) groups is 1. The Balaban J connectivity index is 0.00000242. The summed E-state index contributed by atoms with van der Waals surface area (Å²) in [5.41, 5.74) is 2.52. The Hall–Kier alpha value is -1.50. The lowest BCUT2D eigenvalue weighted by molar-refractivity contribution is 0.507. The molecule has 4 nitrogen and oxygen atoms in total. The Labute approximate surface area is 149 Å². The van der Waals surface area contributed by atoms with Crippen LogP contribution in [0, 0.1) is 6.92 Å². The molecule has 0 radical (unpaired) electrons. The number of halogens is 1. The summed E-state index contributed by atoms with van der Waals surface area (Å²) >= 11 is 0. The van der Waals surface area contributed by atoms with Crippen LogP contribution in [0.15, 0.2) is 52.1 Å². The number of furan rings is 1. The molecular formula is C17H24IN3O. The fraction of sp³-hybridized carbons (Fsp3) is 0.353. The molecule has 0 amide bonds. The van der Waals surface area contributed by atoms with Gasteiger partial charge in [0.05, 0.1) is 12.8 Å². The fourth-order valence-corrected chi connectivity index (χ4v) is 2.05.